The lowest BCUT2D eigenvalue weighted by molar-refractivity contribution is 0.0917. The van der Waals surface area contributed by atoms with Gasteiger partial charge in [-0.1, -0.05) is 18.1 Å². The third-order valence-corrected chi connectivity index (χ3v) is 3.19. The van der Waals surface area contributed by atoms with Gasteiger partial charge in [0, 0.05) is 0 Å². The number of hydrogen-bond acceptors (Lipinski definition) is 4. The van der Waals surface area contributed by atoms with Gasteiger partial charge in [0.1, 0.15) is 17.1 Å². The van der Waals surface area contributed by atoms with Crippen LogP contribution in [0.5, 0.6) is 5.75 Å². The van der Waals surface area contributed by atoms with Crippen molar-refractivity contribution in [1.82, 2.24) is 5.32 Å². The van der Waals surface area contributed by atoms with Gasteiger partial charge in [-0.3, -0.25) is 4.79 Å². The maximum Gasteiger partial charge on any atom is 0.258 e. The summed E-state index contributed by atoms with van der Waals surface area (Å²) in [5.74, 6) is -1.46. The molecule has 0 aromatic heterocycles. The van der Waals surface area contributed by atoms with Crippen LogP contribution in [-0.2, 0) is 0 Å². The van der Waals surface area contributed by atoms with Gasteiger partial charge in [0.15, 0.2) is 5.84 Å². The summed E-state index contributed by atoms with van der Waals surface area (Å²) in [6, 6.07) is 4.07. The molecule has 0 fully saturated rings. The Kier molecular flexibility index (Phi) is 4.90. The molecule has 1 aromatic rings. The van der Waals surface area contributed by atoms with Crippen molar-refractivity contribution in [3.8, 4) is 5.75 Å². The average Bonchev–Trinajstić information content (AvgIpc) is 2.45. The Hall–Kier alpha value is -2.31. The molecule has 0 saturated heterocycles. The highest BCUT2D eigenvalue weighted by Gasteiger charge is 2.31. The second-order valence-corrected chi connectivity index (χ2v) is 4.44. The number of halogens is 1. The van der Waals surface area contributed by atoms with Crippen molar-refractivity contribution in [2.24, 2.45) is 10.9 Å². The summed E-state index contributed by atoms with van der Waals surface area (Å²) in [4.78, 5) is 12.2. The molecule has 0 heterocycles. The number of hydrogen-bond donors (Lipinski definition) is 3. The van der Waals surface area contributed by atoms with E-state index in [0.29, 0.717) is 6.42 Å². The molecule has 0 aliphatic rings. The Balaban J connectivity index is 3.14. The number of nitrogens with two attached hydrogens (primary N) is 1. The lowest BCUT2D eigenvalue weighted by atomic mass is 9.96. The average molecular weight is 283 g/mol. The molecule has 0 bridgehead atoms. The van der Waals surface area contributed by atoms with Crippen molar-refractivity contribution in [3.63, 3.8) is 0 Å². The predicted molar refractivity (Wildman–Crippen MR) is 72.5 cm³/mol. The third-order valence-electron chi connectivity index (χ3n) is 3.19. The molecule has 0 spiro atoms. The van der Waals surface area contributed by atoms with Crippen molar-refractivity contribution in [2.75, 3.05) is 7.11 Å². The third kappa shape index (κ3) is 2.98. The van der Waals surface area contributed by atoms with E-state index in [-0.39, 0.29) is 17.1 Å². The number of oxime groups is 1. The van der Waals surface area contributed by atoms with Gasteiger partial charge in [-0.2, -0.15) is 0 Å². The minimum atomic E-state index is -1.08. The summed E-state index contributed by atoms with van der Waals surface area (Å²) >= 11 is 0. The highest BCUT2D eigenvalue weighted by molar-refractivity contribution is 6.01. The Morgan fingerprint density at radius 1 is 1.60 bits per heavy atom. The number of nitrogens with one attached hydrogen (secondary N) is 1. The number of carbonyl (C=O) groups excluding carboxylic acids is 1. The number of amidine groups is 1. The maximum absolute atomic E-state index is 13.8. The van der Waals surface area contributed by atoms with Crippen molar-refractivity contribution >= 4 is 11.7 Å². The molecule has 1 amide bonds. The summed E-state index contributed by atoms with van der Waals surface area (Å²) in [5, 5.41) is 14.2. The largest absolute Gasteiger partial charge is 0.496 e. The molecule has 0 aliphatic carbocycles. The van der Waals surface area contributed by atoms with E-state index in [1.54, 1.807) is 13.8 Å². The second kappa shape index (κ2) is 6.23. The summed E-state index contributed by atoms with van der Waals surface area (Å²) < 4.78 is 18.8. The lowest BCUT2D eigenvalue weighted by Gasteiger charge is -2.28. The van der Waals surface area contributed by atoms with Gasteiger partial charge in [-0.15, -0.1) is 0 Å². The fourth-order valence-corrected chi connectivity index (χ4v) is 1.65. The van der Waals surface area contributed by atoms with E-state index < -0.39 is 17.3 Å². The van der Waals surface area contributed by atoms with Gasteiger partial charge in [0.2, 0.25) is 0 Å². The quantitative estimate of drug-likeness (QED) is 0.330. The van der Waals surface area contributed by atoms with E-state index in [9.17, 15) is 9.18 Å². The second-order valence-electron chi connectivity index (χ2n) is 4.44. The monoisotopic (exact) mass is 283 g/mol. The Labute approximate surface area is 116 Å². The molecule has 7 heteroatoms. The van der Waals surface area contributed by atoms with Crippen molar-refractivity contribution in [1.29, 1.82) is 0 Å². The van der Waals surface area contributed by atoms with Crippen LogP contribution in [0.2, 0.25) is 0 Å². The SMILES string of the molecule is CCC(C)(NC(=O)c1c(F)cccc1OC)C(N)=NO. The Morgan fingerprint density at radius 2 is 2.25 bits per heavy atom. The van der Waals surface area contributed by atoms with Gasteiger partial charge in [0.05, 0.1) is 12.6 Å². The Morgan fingerprint density at radius 3 is 2.75 bits per heavy atom. The smallest absolute Gasteiger partial charge is 0.258 e. The van der Waals surface area contributed by atoms with Crippen LogP contribution in [-0.4, -0.2) is 29.6 Å². The van der Waals surface area contributed by atoms with Crippen LogP contribution in [0.4, 0.5) is 4.39 Å². The molecule has 20 heavy (non-hydrogen) atoms. The van der Waals surface area contributed by atoms with Crippen molar-refractivity contribution in [2.45, 2.75) is 25.8 Å². The maximum atomic E-state index is 13.8. The normalized spacial score (nSPS) is 14.5. The van der Waals surface area contributed by atoms with Gasteiger partial charge >= 0.3 is 0 Å². The first-order valence-electron chi connectivity index (χ1n) is 6.02. The van der Waals surface area contributed by atoms with Crippen molar-refractivity contribution < 1.29 is 19.1 Å². The molecule has 0 aliphatic heterocycles. The van der Waals surface area contributed by atoms with E-state index in [1.807, 2.05) is 0 Å². The van der Waals surface area contributed by atoms with Crippen LogP contribution in [0, 0.1) is 5.82 Å². The summed E-state index contributed by atoms with van der Waals surface area (Å²) in [7, 11) is 1.34. The molecular weight excluding hydrogens is 265 g/mol. The zero-order valence-electron chi connectivity index (χ0n) is 11.6. The fourth-order valence-electron chi connectivity index (χ4n) is 1.65. The van der Waals surface area contributed by atoms with E-state index >= 15 is 0 Å². The molecule has 1 atom stereocenters. The first-order chi connectivity index (χ1) is 9.39. The standard InChI is InChI=1S/C13H18FN3O3/c1-4-13(2,12(15)17-19)16-11(18)10-8(14)6-5-7-9(10)20-3/h5-7,19H,4H2,1-3H3,(H2,15,17)(H,16,18). The number of amides is 1. The topological polar surface area (TPSA) is 96.9 Å². The van der Waals surface area contributed by atoms with Crippen LogP contribution in [0.3, 0.4) is 0 Å². The van der Waals surface area contributed by atoms with Crippen LogP contribution in [0.1, 0.15) is 30.6 Å². The molecule has 1 unspecified atom stereocenters. The Bertz CT molecular complexity index is 534. The van der Waals surface area contributed by atoms with Crippen molar-refractivity contribution in [3.05, 3.63) is 29.6 Å². The van der Waals surface area contributed by atoms with Crippen LogP contribution in [0.15, 0.2) is 23.4 Å². The van der Waals surface area contributed by atoms with Gasteiger partial charge in [-0.05, 0) is 25.5 Å². The molecule has 110 valence electrons. The number of nitrogens with zero attached hydrogens (tertiary/aromatic N) is 1. The molecule has 4 N–H and O–H groups in total. The summed E-state index contributed by atoms with van der Waals surface area (Å²) in [6.45, 7) is 3.32. The predicted octanol–water partition coefficient (Wildman–Crippen LogP) is 1.48. The molecule has 0 radical (unpaired) electrons. The lowest BCUT2D eigenvalue weighted by Crippen LogP contribution is -2.55. The highest BCUT2D eigenvalue weighted by Crippen LogP contribution is 2.22. The van der Waals surface area contributed by atoms with E-state index in [2.05, 4.69) is 10.5 Å². The van der Waals surface area contributed by atoms with E-state index in [0.717, 1.165) is 6.07 Å². The van der Waals surface area contributed by atoms with Gasteiger partial charge in [-0.25, -0.2) is 4.39 Å². The first kappa shape index (κ1) is 15.7. The fraction of sp³-hybridized carbons (Fsp3) is 0.385. The van der Waals surface area contributed by atoms with E-state index in [4.69, 9.17) is 15.7 Å². The van der Waals surface area contributed by atoms with Gasteiger partial charge in [0.25, 0.3) is 5.91 Å². The molecule has 1 rings (SSSR count). The highest BCUT2D eigenvalue weighted by atomic mass is 19.1. The number of ether oxygens (including phenoxy) is 1. The molecule has 0 saturated carbocycles. The summed E-state index contributed by atoms with van der Waals surface area (Å²) in [6.07, 6.45) is 0.366. The molecule has 6 nitrogen and oxygen atoms in total. The van der Waals surface area contributed by atoms with Gasteiger partial charge < -0.3 is 21.0 Å². The minimum absolute atomic E-state index is 0.112. The zero-order valence-corrected chi connectivity index (χ0v) is 11.6. The number of rotatable bonds is 5. The molecule has 1 aromatic carbocycles. The van der Waals surface area contributed by atoms with Crippen LogP contribution in [0.25, 0.3) is 0 Å². The first-order valence-corrected chi connectivity index (χ1v) is 6.02. The minimum Gasteiger partial charge on any atom is -0.496 e. The number of methoxy groups -OCH3 is 1. The van der Waals surface area contributed by atoms with Crippen LogP contribution >= 0.6 is 0 Å². The van der Waals surface area contributed by atoms with Crippen LogP contribution < -0.4 is 15.8 Å². The molecular formula is C13H18FN3O3. The number of carbonyl (C=O) groups is 1. The summed E-state index contributed by atoms with van der Waals surface area (Å²) in [5.41, 5.74) is 4.25. The number of benzene rings is 1. The van der Waals surface area contributed by atoms with E-state index in [1.165, 1.54) is 19.2 Å². The zero-order chi connectivity index (χ0) is 15.3.